The molecule has 0 aliphatic carbocycles. The lowest BCUT2D eigenvalue weighted by molar-refractivity contribution is 0.331. The Morgan fingerprint density at radius 3 is 2.71 bits per heavy atom. The maximum Gasteiger partial charge on any atom is 0.264 e. The van der Waals surface area contributed by atoms with E-state index in [1.54, 1.807) is 6.07 Å². The van der Waals surface area contributed by atoms with E-state index in [1.807, 2.05) is 0 Å². The summed E-state index contributed by atoms with van der Waals surface area (Å²) in [4.78, 5) is 11.0. The highest BCUT2D eigenvalue weighted by molar-refractivity contribution is 5.85. The van der Waals surface area contributed by atoms with Gasteiger partial charge in [-0.2, -0.15) is 0 Å². The van der Waals surface area contributed by atoms with Crippen LogP contribution in [-0.4, -0.2) is 23.3 Å². The molecule has 0 amide bonds. The minimum absolute atomic E-state index is 0. The van der Waals surface area contributed by atoms with Gasteiger partial charge in [-0.05, 0) is 19.4 Å². The van der Waals surface area contributed by atoms with Crippen molar-refractivity contribution in [2.24, 2.45) is 0 Å². The Bertz CT molecular complexity index is 338. The first kappa shape index (κ1) is 11.3. The number of H-pyrrole nitrogens is 2. The molecule has 0 saturated carbocycles. The van der Waals surface area contributed by atoms with Gasteiger partial charge in [0.05, 0.1) is 0 Å². The van der Waals surface area contributed by atoms with E-state index < -0.39 is 0 Å². The highest BCUT2D eigenvalue weighted by Crippen LogP contribution is 2.27. The van der Waals surface area contributed by atoms with Crippen molar-refractivity contribution in [3.8, 4) is 0 Å². The van der Waals surface area contributed by atoms with E-state index in [0.717, 1.165) is 25.2 Å². The number of halogens is 1. The maximum atomic E-state index is 11.0. The number of rotatable bonds is 1. The molecular formula is C9H16ClN3O. The predicted molar refractivity (Wildman–Crippen MR) is 58.1 cm³/mol. The van der Waals surface area contributed by atoms with Gasteiger partial charge in [0.25, 0.3) is 5.56 Å². The Morgan fingerprint density at radius 1 is 1.43 bits per heavy atom. The van der Waals surface area contributed by atoms with Gasteiger partial charge in [-0.25, -0.2) is 0 Å². The molecule has 80 valence electrons. The van der Waals surface area contributed by atoms with Gasteiger partial charge in [0, 0.05) is 23.7 Å². The zero-order chi connectivity index (χ0) is 9.31. The van der Waals surface area contributed by atoms with Crippen LogP contribution >= 0.6 is 12.4 Å². The minimum atomic E-state index is -0.0400. The van der Waals surface area contributed by atoms with Gasteiger partial charge >= 0.3 is 0 Å². The average molecular weight is 218 g/mol. The van der Waals surface area contributed by atoms with Crippen LogP contribution in [0.1, 0.15) is 25.5 Å². The smallest absolute Gasteiger partial charge is 0.264 e. The molecule has 1 saturated heterocycles. The Kier molecular flexibility index (Phi) is 3.39. The SMILES string of the molecule is CC1(c2cc(=O)[nH][nH]2)CCCNC1.Cl. The van der Waals surface area contributed by atoms with E-state index in [4.69, 9.17) is 0 Å². The lowest BCUT2D eigenvalue weighted by atomic mass is 9.80. The molecule has 1 fully saturated rings. The van der Waals surface area contributed by atoms with Gasteiger partial charge in [-0.3, -0.25) is 9.89 Å². The van der Waals surface area contributed by atoms with Crippen LogP contribution in [0.15, 0.2) is 10.9 Å². The fraction of sp³-hybridized carbons (Fsp3) is 0.667. The van der Waals surface area contributed by atoms with Crippen LogP contribution in [0.5, 0.6) is 0 Å². The summed E-state index contributed by atoms with van der Waals surface area (Å²) < 4.78 is 0. The van der Waals surface area contributed by atoms with Crippen LogP contribution in [0.4, 0.5) is 0 Å². The third-order valence-corrected chi connectivity index (χ3v) is 2.84. The third-order valence-electron chi connectivity index (χ3n) is 2.84. The molecule has 2 heterocycles. The fourth-order valence-electron chi connectivity index (χ4n) is 1.94. The molecule has 1 aromatic rings. The van der Waals surface area contributed by atoms with Gasteiger partial charge in [0.2, 0.25) is 0 Å². The van der Waals surface area contributed by atoms with Crippen molar-refractivity contribution in [2.45, 2.75) is 25.2 Å². The monoisotopic (exact) mass is 217 g/mol. The fourth-order valence-corrected chi connectivity index (χ4v) is 1.94. The van der Waals surface area contributed by atoms with Crippen molar-refractivity contribution in [3.05, 3.63) is 22.1 Å². The Hall–Kier alpha value is -0.740. The zero-order valence-corrected chi connectivity index (χ0v) is 9.04. The Morgan fingerprint density at radius 2 is 2.21 bits per heavy atom. The molecule has 0 radical (unpaired) electrons. The molecule has 0 bridgehead atoms. The standard InChI is InChI=1S/C9H15N3O.ClH/c1-9(3-2-4-10-6-9)7-5-8(13)12-11-7;/h5,10H,2-4,6H2,1H3,(H2,11,12,13);1H. The summed E-state index contributed by atoms with van der Waals surface area (Å²) in [6, 6.07) is 1.66. The Labute approximate surface area is 88.9 Å². The van der Waals surface area contributed by atoms with Crippen LogP contribution in [0.3, 0.4) is 0 Å². The largest absolute Gasteiger partial charge is 0.316 e. The third kappa shape index (κ3) is 2.01. The van der Waals surface area contributed by atoms with Crippen molar-refractivity contribution >= 4 is 12.4 Å². The van der Waals surface area contributed by atoms with Gasteiger partial charge in [0.15, 0.2) is 0 Å². The number of hydrogen-bond donors (Lipinski definition) is 3. The topological polar surface area (TPSA) is 60.7 Å². The van der Waals surface area contributed by atoms with Crippen LogP contribution in [-0.2, 0) is 5.41 Å². The van der Waals surface area contributed by atoms with E-state index in [2.05, 4.69) is 22.4 Å². The molecule has 1 unspecified atom stereocenters. The summed E-state index contributed by atoms with van der Waals surface area (Å²) >= 11 is 0. The predicted octanol–water partition coefficient (Wildman–Crippen LogP) is 0.766. The normalized spacial score (nSPS) is 26.9. The molecule has 4 nitrogen and oxygen atoms in total. The molecule has 2 rings (SSSR count). The van der Waals surface area contributed by atoms with E-state index in [-0.39, 0.29) is 23.4 Å². The molecule has 1 aromatic heterocycles. The van der Waals surface area contributed by atoms with Gasteiger partial charge in [0.1, 0.15) is 0 Å². The summed E-state index contributed by atoms with van der Waals surface area (Å²) in [6.45, 7) is 4.21. The van der Waals surface area contributed by atoms with Crippen molar-refractivity contribution in [1.29, 1.82) is 0 Å². The Balaban J connectivity index is 0.000000980. The number of nitrogens with one attached hydrogen (secondary N) is 3. The van der Waals surface area contributed by atoms with Gasteiger partial charge < -0.3 is 10.4 Å². The second-order valence-corrected chi connectivity index (χ2v) is 4.01. The van der Waals surface area contributed by atoms with E-state index >= 15 is 0 Å². The molecule has 1 atom stereocenters. The second kappa shape index (κ2) is 4.19. The van der Waals surface area contributed by atoms with Crippen LogP contribution in [0.2, 0.25) is 0 Å². The van der Waals surface area contributed by atoms with E-state index in [1.165, 1.54) is 6.42 Å². The number of piperidine rings is 1. The number of aromatic amines is 2. The first-order chi connectivity index (χ1) is 6.21. The zero-order valence-electron chi connectivity index (χ0n) is 8.22. The number of hydrogen-bond acceptors (Lipinski definition) is 2. The molecule has 0 aromatic carbocycles. The first-order valence-corrected chi connectivity index (χ1v) is 4.70. The van der Waals surface area contributed by atoms with E-state index in [9.17, 15) is 4.79 Å². The van der Waals surface area contributed by atoms with Gasteiger partial charge in [-0.15, -0.1) is 12.4 Å². The van der Waals surface area contributed by atoms with Crippen molar-refractivity contribution in [3.63, 3.8) is 0 Å². The van der Waals surface area contributed by atoms with Gasteiger partial charge in [-0.1, -0.05) is 6.92 Å². The highest BCUT2D eigenvalue weighted by atomic mass is 35.5. The molecule has 5 heteroatoms. The highest BCUT2D eigenvalue weighted by Gasteiger charge is 2.30. The van der Waals surface area contributed by atoms with Crippen molar-refractivity contribution < 1.29 is 0 Å². The average Bonchev–Trinajstić information content (AvgIpc) is 2.54. The van der Waals surface area contributed by atoms with Crippen molar-refractivity contribution in [1.82, 2.24) is 15.5 Å². The summed E-state index contributed by atoms with van der Waals surface area (Å²) in [7, 11) is 0. The first-order valence-electron chi connectivity index (χ1n) is 4.70. The molecule has 0 spiro atoms. The molecule has 1 aliphatic rings. The molecule has 1 aliphatic heterocycles. The maximum absolute atomic E-state index is 11.0. The second-order valence-electron chi connectivity index (χ2n) is 4.01. The van der Waals surface area contributed by atoms with Crippen LogP contribution in [0, 0.1) is 0 Å². The summed E-state index contributed by atoms with van der Waals surface area (Å²) in [5.74, 6) is 0. The lowest BCUT2D eigenvalue weighted by Gasteiger charge is -2.32. The van der Waals surface area contributed by atoms with Crippen LogP contribution < -0.4 is 10.9 Å². The lowest BCUT2D eigenvalue weighted by Crippen LogP contribution is -2.41. The van der Waals surface area contributed by atoms with E-state index in [0.29, 0.717) is 0 Å². The van der Waals surface area contributed by atoms with Crippen LogP contribution in [0.25, 0.3) is 0 Å². The molecular weight excluding hydrogens is 202 g/mol. The van der Waals surface area contributed by atoms with Crippen molar-refractivity contribution in [2.75, 3.05) is 13.1 Å². The minimum Gasteiger partial charge on any atom is -0.316 e. The molecule has 3 N–H and O–H groups in total. The quantitative estimate of drug-likeness (QED) is 0.651. The molecule has 14 heavy (non-hydrogen) atoms. The summed E-state index contributed by atoms with van der Waals surface area (Å²) in [6.07, 6.45) is 2.30. The number of aromatic nitrogens is 2. The summed E-state index contributed by atoms with van der Waals surface area (Å²) in [5.41, 5.74) is 1.07. The summed E-state index contributed by atoms with van der Waals surface area (Å²) in [5, 5.41) is 8.87.